The summed E-state index contributed by atoms with van der Waals surface area (Å²) < 4.78 is 5.50. The van der Waals surface area contributed by atoms with Gasteiger partial charge in [-0.05, 0) is 32.2 Å². The Kier molecular flexibility index (Phi) is 4.00. The first-order valence-corrected chi connectivity index (χ1v) is 6.33. The Balaban J connectivity index is 1.73. The molecule has 2 aliphatic heterocycles. The first-order valence-electron chi connectivity index (χ1n) is 6.33. The lowest BCUT2D eigenvalue weighted by Crippen LogP contribution is -2.33. The number of aliphatic hydroxyl groups excluding tert-OH is 1. The van der Waals surface area contributed by atoms with Crippen LogP contribution in [0.5, 0.6) is 0 Å². The maximum absolute atomic E-state index is 9.85. The Morgan fingerprint density at radius 1 is 1.50 bits per heavy atom. The zero-order valence-corrected chi connectivity index (χ0v) is 10.0. The summed E-state index contributed by atoms with van der Waals surface area (Å²) in [4.78, 5) is 2.39. The van der Waals surface area contributed by atoms with Crippen LogP contribution in [0, 0.1) is 5.41 Å². The predicted octanol–water partition coefficient (Wildman–Crippen LogP) is 1.43. The molecule has 2 unspecified atom stereocenters. The van der Waals surface area contributed by atoms with E-state index >= 15 is 0 Å². The zero-order chi connectivity index (χ0) is 11.4. The molecule has 0 amide bonds. The summed E-state index contributed by atoms with van der Waals surface area (Å²) in [7, 11) is 0. The molecule has 1 N–H and O–H groups in total. The highest BCUT2D eigenvalue weighted by Gasteiger charge is 2.41. The third-order valence-corrected chi connectivity index (χ3v) is 3.88. The standard InChI is InChI=1S/C13H23NO2/c1-2-3-4-12(15)9-14-7-5-13(10-14)6-8-16-11-13/h2,12,15H,1,3-11H2. The fraction of sp³-hybridized carbons (Fsp3) is 0.846. The summed E-state index contributed by atoms with van der Waals surface area (Å²) in [6, 6.07) is 0. The molecule has 2 atom stereocenters. The summed E-state index contributed by atoms with van der Waals surface area (Å²) in [5, 5.41) is 9.85. The van der Waals surface area contributed by atoms with Gasteiger partial charge in [-0.15, -0.1) is 6.58 Å². The molecule has 0 aromatic heterocycles. The van der Waals surface area contributed by atoms with E-state index < -0.39 is 0 Å². The van der Waals surface area contributed by atoms with Gasteiger partial charge in [0.2, 0.25) is 0 Å². The van der Waals surface area contributed by atoms with Crippen LogP contribution in [0.2, 0.25) is 0 Å². The van der Waals surface area contributed by atoms with Crippen LogP contribution < -0.4 is 0 Å². The zero-order valence-electron chi connectivity index (χ0n) is 10.0. The van der Waals surface area contributed by atoms with Crippen molar-refractivity contribution in [2.45, 2.75) is 31.8 Å². The van der Waals surface area contributed by atoms with Gasteiger partial charge in [0.1, 0.15) is 0 Å². The normalized spacial score (nSPS) is 32.3. The van der Waals surface area contributed by atoms with Crippen molar-refractivity contribution in [3.63, 3.8) is 0 Å². The lowest BCUT2D eigenvalue weighted by atomic mass is 9.87. The molecule has 92 valence electrons. The fourth-order valence-electron chi connectivity index (χ4n) is 2.85. The largest absolute Gasteiger partial charge is 0.392 e. The molecular formula is C13H23NO2. The van der Waals surface area contributed by atoms with Gasteiger partial charge in [0, 0.05) is 25.1 Å². The van der Waals surface area contributed by atoms with E-state index in [-0.39, 0.29) is 6.10 Å². The summed E-state index contributed by atoms with van der Waals surface area (Å²) in [5.41, 5.74) is 0.415. The Hall–Kier alpha value is -0.380. The van der Waals surface area contributed by atoms with Crippen LogP contribution in [-0.2, 0) is 4.74 Å². The van der Waals surface area contributed by atoms with Gasteiger partial charge in [-0.3, -0.25) is 0 Å². The van der Waals surface area contributed by atoms with Crippen molar-refractivity contribution >= 4 is 0 Å². The molecule has 0 saturated carbocycles. The summed E-state index contributed by atoms with van der Waals surface area (Å²) in [6.45, 7) is 8.57. The van der Waals surface area contributed by atoms with Gasteiger partial charge in [-0.1, -0.05) is 6.08 Å². The van der Waals surface area contributed by atoms with Gasteiger partial charge in [0.15, 0.2) is 0 Å². The van der Waals surface area contributed by atoms with E-state index in [0.717, 1.165) is 45.7 Å². The number of likely N-dealkylation sites (tertiary alicyclic amines) is 1. The van der Waals surface area contributed by atoms with Crippen LogP contribution in [-0.4, -0.2) is 49.0 Å². The van der Waals surface area contributed by atoms with Gasteiger partial charge in [-0.2, -0.15) is 0 Å². The molecule has 3 nitrogen and oxygen atoms in total. The highest BCUT2D eigenvalue weighted by Crippen LogP contribution is 2.38. The Bertz CT molecular complexity index is 236. The van der Waals surface area contributed by atoms with Crippen molar-refractivity contribution in [1.29, 1.82) is 0 Å². The van der Waals surface area contributed by atoms with Crippen molar-refractivity contribution in [3.8, 4) is 0 Å². The number of β-amino-alcohol motifs (C(OH)–C–C–N with tert-alkyl or cyclic N) is 1. The predicted molar refractivity (Wildman–Crippen MR) is 64.4 cm³/mol. The van der Waals surface area contributed by atoms with E-state index in [0.29, 0.717) is 5.41 Å². The molecule has 3 heteroatoms. The Morgan fingerprint density at radius 2 is 2.38 bits per heavy atom. The number of nitrogens with zero attached hydrogens (tertiary/aromatic N) is 1. The lowest BCUT2D eigenvalue weighted by molar-refractivity contribution is 0.106. The summed E-state index contributed by atoms with van der Waals surface area (Å²) in [6.07, 6.45) is 5.86. The Morgan fingerprint density at radius 3 is 3.06 bits per heavy atom. The van der Waals surface area contributed by atoms with Crippen molar-refractivity contribution in [2.24, 2.45) is 5.41 Å². The number of aliphatic hydroxyl groups is 1. The van der Waals surface area contributed by atoms with E-state index in [2.05, 4.69) is 11.5 Å². The number of hydrogen-bond acceptors (Lipinski definition) is 3. The van der Waals surface area contributed by atoms with Gasteiger partial charge < -0.3 is 14.7 Å². The molecular weight excluding hydrogens is 202 g/mol. The second-order valence-electron chi connectivity index (χ2n) is 5.31. The molecule has 2 heterocycles. The third-order valence-electron chi connectivity index (χ3n) is 3.88. The van der Waals surface area contributed by atoms with Crippen LogP contribution in [0.3, 0.4) is 0 Å². The average molecular weight is 225 g/mol. The van der Waals surface area contributed by atoms with Crippen LogP contribution in [0.1, 0.15) is 25.7 Å². The summed E-state index contributed by atoms with van der Waals surface area (Å²) >= 11 is 0. The van der Waals surface area contributed by atoms with Crippen molar-refractivity contribution in [3.05, 3.63) is 12.7 Å². The van der Waals surface area contributed by atoms with Gasteiger partial charge >= 0.3 is 0 Å². The highest BCUT2D eigenvalue weighted by molar-refractivity contribution is 4.93. The minimum absolute atomic E-state index is 0.199. The molecule has 16 heavy (non-hydrogen) atoms. The van der Waals surface area contributed by atoms with Crippen LogP contribution in [0.15, 0.2) is 12.7 Å². The topological polar surface area (TPSA) is 32.7 Å². The SMILES string of the molecule is C=CCCC(O)CN1CCC2(CCOC2)C1. The smallest absolute Gasteiger partial charge is 0.0670 e. The molecule has 0 bridgehead atoms. The lowest BCUT2D eigenvalue weighted by Gasteiger charge is -2.23. The number of allylic oxidation sites excluding steroid dienone is 1. The molecule has 0 aromatic carbocycles. The average Bonchev–Trinajstić information content (AvgIpc) is 2.87. The second-order valence-corrected chi connectivity index (χ2v) is 5.31. The maximum atomic E-state index is 9.85. The number of rotatable bonds is 5. The van der Waals surface area contributed by atoms with Crippen LogP contribution in [0.25, 0.3) is 0 Å². The molecule has 2 rings (SSSR count). The Labute approximate surface area is 98.1 Å². The molecule has 0 radical (unpaired) electrons. The van der Waals surface area contributed by atoms with E-state index in [4.69, 9.17) is 4.74 Å². The second kappa shape index (κ2) is 5.30. The molecule has 2 aliphatic rings. The van der Waals surface area contributed by atoms with E-state index in [1.807, 2.05) is 6.08 Å². The quantitative estimate of drug-likeness (QED) is 0.718. The minimum atomic E-state index is -0.199. The van der Waals surface area contributed by atoms with E-state index in [1.54, 1.807) is 0 Å². The van der Waals surface area contributed by atoms with Gasteiger partial charge in [0.05, 0.1) is 12.7 Å². The monoisotopic (exact) mass is 225 g/mol. The molecule has 1 spiro atoms. The van der Waals surface area contributed by atoms with E-state index in [9.17, 15) is 5.11 Å². The molecule has 0 aromatic rings. The molecule has 2 fully saturated rings. The molecule has 2 saturated heterocycles. The van der Waals surface area contributed by atoms with Crippen LogP contribution >= 0.6 is 0 Å². The molecule has 0 aliphatic carbocycles. The van der Waals surface area contributed by atoms with Crippen molar-refractivity contribution < 1.29 is 9.84 Å². The summed E-state index contributed by atoms with van der Waals surface area (Å²) in [5.74, 6) is 0. The number of ether oxygens (including phenoxy) is 1. The van der Waals surface area contributed by atoms with Gasteiger partial charge in [0.25, 0.3) is 0 Å². The first-order chi connectivity index (χ1) is 7.74. The van der Waals surface area contributed by atoms with Crippen molar-refractivity contribution in [2.75, 3.05) is 32.8 Å². The fourth-order valence-corrected chi connectivity index (χ4v) is 2.85. The van der Waals surface area contributed by atoms with Crippen LogP contribution in [0.4, 0.5) is 0 Å². The van der Waals surface area contributed by atoms with Crippen molar-refractivity contribution in [1.82, 2.24) is 4.90 Å². The minimum Gasteiger partial charge on any atom is -0.392 e. The maximum Gasteiger partial charge on any atom is 0.0670 e. The van der Waals surface area contributed by atoms with Gasteiger partial charge in [-0.25, -0.2) is 0 Å². The first kappa shape index (κ1) is 12.1. The highest BCUT2D eigenvalue weighted by atomic mass is 16.5. The number of hydrogen-bond donors (Lipinski definition) is 1. The third kappa shape index (κ3) is 2.84. The van der Waals surface area contributed by atoms with E-state index in [1.165, 1.54) is 12.8 Å².